The van der Waals surface area contributed by atoms with E-state index in [0.29, 0.717) is 0 Å². The number of halogens is 1. The van der Waals surface area contributed by atoms with Gasteiger partial charge in [0, 0.05) is 6.07 Å². The summed E-state index contributed by atoms with van der Waals surface area (Å²) in [5.74, 6) is 0.164. The highest BCUT2D eigenvalue weighted by Gasteiger charge is 2.02. The third kappa shape index (κ3) is 3.02. The maximum absolute atomic E-state index is 10.7. The van der Waals surface area contributed by atoms with E-state index >= 15 is 0 Å². The molecule has 66 valence electrons. The second kappa shape index (κ2) is 3.24. The standard InChI is InChI=1S/C5H6ClN3O2S/c1-12(10,11)9-5-2-4(6)7-3-8-5/h2-3H,1H3,(H,7,8,9). The lowest BCUT2D eigenvalue weighted by Crippen LogP contribution is -2.10. The maximum Gasteiger partial charge on any atom is 0.230 e. The summed E-state index contributed by atoms with van der Waals surface area (Å²) in [7, 11) is -3.29. The highest BCUT2D eigenvalue weighted by atomic mass is 35.5. The van der Waals surface area contributed by atoms with E-state index in [1.165, 1.54) is 12.4 Å². The first-order valence-corrected chi connectivity index (χ1v) is 5.20. The minimum absolute atomic E-state index is 0.164. The van der Waals surface area contributed by atoms with Crippen molar-refractivity contribution in [1.82, 2.24) is 9.97 Å². The molecule has 1 aromatic rings. The number of hydrogen-bond donors (Lipinski definition) is 1. The first-order valence-electron chi connectivity index (χ1n) is 2.93. The van der Waals surface area contributed by atoms with Crippen LogP contribution in [0.4, 0.5) is 5.82 Å². The van der Waals surface area contributed by atoms with Gasteiger partial charge in [-0.3, -0.25) is 4.72 Å². The molecule has 0 radical (unpaired) electrons. The third-order valence-electron chi connectivity index (χ3n) is 0.924. The van der Waals surface area contributed by atoms with Gasteiger partial charge in [-0.05, 0) is 0 Å². The van der Waals surface area contributed by atoms with Crippen LogP contribution in [-0.2, 0) is 10.0 Å². The van der Waals surface area contributed by atoms with Crippen LogP contribution in [0.15, 0.2) is 12.4 Å². The van der Waals surface area contributed by atoms with E-state index in [9.17, 15) is 8.42 Å². The summed E-state index contributed by atoms with van der Waals surface area (Å²) in [6, 6.07) is 1.32. The summed E-state index contributed by atoms with van der Waals surface area (Å²) in [6.45, 7) is 0. The van der Waals surface area contributed by atoms with Gasteiger partial charge in [0.2, 0.25) is 10.0 Å². The van der Waals surface area contributed by atoms with Gasteiger partial charge in [0.15, 0.2) is 0 Å². The molecular formula is C5H6ClN3O2S. The fraction of sp³-hybridized carbons (Fsp3) is 0.200. The number of nitrogens with one attached hydrogen (secondary N) is 1. The topological polar surface area (TPSA) is 72.0 Å². The molecule has 0 bridgehead atoms. The highest BCUT2D eigenvalue weighted by Crippen LogP contribution is 2.09. The van der Waals surface area contributed by atoms with E-state index < -0.39 is 10.0 Å². The van der Waals surface area contributed by atoms with Gasteiger partial charge in [0.05, 0.1) is 6.26 Å². The summed E-state index contributed by atoms with van der Waals surface area (Å²) in [6.07, 6.45) is 2.21. The monoisotopic (exact) mass is 207 g/mol. The van der Waals surface area contributed by atoms with Crippen LogP contribution < -0.4 is 4.72 Å². The van der Waals surface area contributed by atoms with E-state index in [2.05, 4.69) is 14.7 Å². The molecule has 1 N–H and O–H groups in total. The fourth-order valence-corrected chi connectivity index (χ4v) is 1.22. The Kier molecular flexibility index (Phi) is 2.49. The number of hydrogen-bond acceptors (Lipinski definition) is 4. The Balaban J connectivity index is 2.91. The van der Waals surface area contributed by atoms with Crippen molar-refractivity contribution in [2.45, 2.75) is 0 Å². The zero-order chi connectivity index (χ0) is 9.19. The average molecular weight is 208 g/mol. The van der Waals surface area contributed by atoms with Gasteiger partial charge in [-0.1, -0.05) is 11.6 Å². The van der Waals surface area contributed by atoms with Crippen LogP contribution in [0.25, 0.3) is 0 Å². The van der Waals surface area contributed by atoms with Crippen LogP contribution in [-0.4, -0.2) is 24.6 Å². The average Bonchev–Trinajstić information content (AvgIpc) is 1.82. The van der Waals surface area contributed by atoms with Crippen molar-refractivity contribution in [1.29, 1.82) is 0 Å². The molecule has 0 fully saturated rings. The molecule has 7 heteroatoms. The van der Waals surface area contributed by atoms with Gasteiger partial charge in [0.1, 0.15) is 17.3 Å². The van der Waals surface area contributed by atoms with Crippen molar-refractivity contribution < 1.29 is 8.42 Å². The SMILES string of the molecule is CS(=O)(=O)Nc1cc(Cl)ncn1. The molecule has 5 nitrogen and oxygen atoms in total. The van der Waals surface area contributed by atoms with E-state index in [0.717, 1.165) is 6.26 Å². The zero-order valence-corrected chi connectivity index (χ0v) is 7.72. The van der Waals surface area contributed by atoms with Gasteiger partial charge in [-0.25, -0.2) is 18.4 Å². The molecule has 0 aliphatic carbocycles. The second-order valence-electron chi connectivity index (χ2n) is 2.10. The van der Waals surface area contributed by atoms with Crippen molar-refractivity contribution >= 4 is 27.4 Å². The molecule has 12 heavy (non-hydrogen) atoms. The molecular weight excluding hydrogens is 202 g/mol. The predicted octanol–water partition coefficient (Wildman–Crippen LogP) is 0.501. The summed E-state index contributed by atoms with van der Waals surface area (Å²) in [5, 5.41) is 0.191. The van der Waals surface area contributed by atoms with Gasteiger partial charge in [-0.2, -0.15) is 0 Å². The molecule has 0 saturated heterocycles. The Bertz CT molecular complexity index is 378. The minimum Gasteiger partial charge on any atom is -0.267 e. The van der Waals surface area contributed by atoms with Crippen molar-refractivity contribution in [3.05, 3.63) is 17.5 Å². The predicted molar refractivity (Wildman–Crippen MR) is 45.5 cm³/mol. The Morgan fingerprint density at radius 2 is 2.17 bits per heavy atom. The van der Waals surface area contributed by atoms with Crippen molar-refractivity contribution in [3.8, 4) is 0 Å². The quantitative estimate of drug-likeness (QED) is 0.717. The van der Waals surface area contributed by atoms with Crippen LogP contribution in [0.1, 0.15) is 0 Å². The van der Waals surface area contributed by atoms with E-state index in [-0.39, 0.29) is 11.0 Å². The lowest BCUT2D eigenvalue weighted by atomic mass is 10.6. The van der Waals surface area contributed by atoms with E-state index in [4.69, 9.17) is 11.6 Å². The second-order valence-corrected chi connectivity index (χ2v) is 4.24. The molecule has 1 heterocycles. The van der Waals surface area contributed by atoms with Crippen LogP contribution in [0.2, 0.25) is 5.15 Å². The van der Waals surface area contributed by atoms with Crippen molar-refractivity contribution in [2.75, 3.05) is 11.0 Å². The molecule has 0 aliphatic rings. The van der Waals surface area contributed by atoms with Crippen LogP contribution >= 0.6 is 11.6 Å². The lowest BCUT2D eigenvalue weighted by molar-refractivity contribution is 0.606. The van der Waals surface area contributed by atoms with Gasteiger partial charge in [-0.15, -0.1) is 0 Å². The fourth-order valence-electron chi connectivity index (χ4n) is 0.579. The first-order chi connectivity index (χ1) is 5.47. The first kappa shape index (κ1) is 9.21. The Labute approximate surface area is 74.8 Å². The van der Waals surface area contributed by atoms with Gasteiger partial charge >= 0.3 is 0 Å². The molecule has 0 aliphatic heterocycles. The lowest BCUT2D eigenvalue weighted by Gasteiger charge is -2.00. The Morgan fingerprint density at radius 3 is 2.67 bits per heavy atom. The van der Waals surface area contributed by atoms with Crippen LogP contribution in [0.5, 0.6) is 0 Å². The van der Waals surface area contributed by atoms with Crippen molar-refractivity contribution in [3.63, 3.8) is 0 Å². The molecule has 0 spiro atoms. The van der Waals surface area contributed by atoms with Gasteiger partial charge < -0.3 is 0 Å². The molecule has 0 saturated carbocycles. The summed E-state index contributed by atoms with van der Waals surface area (Å²) in [4.78, 5) is 7.23. The molecule has 0 unspecified atom stereocenters. The summed E-state index contributed by atoms with van der Waals surface area (Å²) in [5.41, 5.74) is 0. The molecule has 0 atom stereocenters. The zero-order valence-electron chi connectivity index (χ0n) is 6.15. The number of aromatic nitrogens is 2. The Hall–Kier alpha value is -0.880. The number of nitrogens with zero attached hydrogens (tertiary/aromatic N) is 2. The van der Waals surface area contributed by atoms with Crippen molar-refractivity contribution in [2.24, 2.45) is 0 Å². The summed E-state index contributed by atoms with van der Waals surface area (Å²) < 4.78 is 23.6. The third-order valence-corrected chi connectivity index (χ3v) is 1.71. The molecule has 0 aromatic carbocycles. The number of rotatable bonds is 2. The number of anilines is 1. The molecule has 0 amide bonds. The smallest absolute Gasteiger partial charge is 0.230 e. The maximum atomic E-state index is 10.7. The van der Waals surface area contributed by atoms with E-state index in [1.54, 1.807) is 0 Å². The van der Waals surface area contributed by atoms with E-state index in [1.807, 2.05) is 0 Å². The minimum atomic E-state index is -3.29. The largest absolute Gasteiger partial charge is 0.267 e. The van der Waals surface area contributed by atoms with Crippen LogP contribution in [0, 0.1) is 0 Å². The molecule has 1 aromatic heterocycles. The molecule has 1 rings (SSSR count). The Morgan fingerprint density at radius 1 is 1.50 bits per heavy atom. The highest BCUT2D eigenvalue weighted by molar-refractivity contribution is 7.92. The number of sulfonamides is 1. The normalized spacial score (nSPS) is 11.2. The summed E-state index contributed by atoms with van der Waals surface area (Å²) >= 11 is 5.49. The van der Waals surface area contributed by atoms with Crippen LogP contribution in [0.3, 0.4) is 0 Å². The van der Waals surface area contributed by atoms with Gasteiger partial charge in [0.25, 0.3) is 0 Å².